The normalized spacial score (nSPS) is 14.2. The zero-order valence-corrected chi connectivity index (χ0v) is 13.8. The van der Waals surface area contributed by atoms with Crippen LogP contribution in [0.3, 0.4) is 0 Å². The zero-order valence-electron chi connectivity index (χ0n) is 12.9. The van der Waals surface area contributed by atoms with Crippen molar-refractivity contribution >= 4 is 12.6 Å². The Morgan fingerprint density at radius 1 is 0.500 bits per heavy atom. The van der Waals surface area contributed by atoms with E-state index in [0.717, 1.165) is 31.4 Å². The van der Waals surface area contributed by atoms with E-state index >= 15 is 0 Å². The van der Waals surface area contributed by atoms with Crippen LogP contribution in [0.1, 0.15) is 57.8 Å². The van der Waals surface area contributed by atoms with Crippen LogP contribution < -0.4 is 0 Å². The van der Waals surface area contributed by atoms with Crippen LogP contribution in [0.4, 0.5) is 39.5 Å². The van der Waals surface area contributed by atoms with Crippen LogP contribution in [0.25, 0.3) is 0 Å². The first kappa shape index (κ1) is 23.7. The molecule has 0 bridgehead atoms. The molecule has 0 saturated carbocycles. The molecule has 0 fully saturated rings. The summed E-state index contributed by atoms with van der Waals surface area (Å²) in [7, 11) is 0. The molecule has 0 atom stereocenters. The maximum absolute atomic E-state index is 13.2. The second-order valence-corrected chi connectivity index (χ2v) is 6.10. The maximum atomic E-state index is 13.2. The van der Waals surface area contributed by atoms with Crippen LogP contribution in [0, 0.1) is 0 Å². The number of hydrogen-bond donors (Lipinski definition) is 1. The van der Waals surface area contributed by atoms with Gasteiger partial charge in [0, 0.05) is 6.42 Å². The summed E-state index contributed by atoms with van der Waals surface area (Å²) in [5.41, 5.74) is 0. The van der Waals surface area contributed by atoms with Gasteiger partial charge in [-0.1, -0.05) is 38.5 Å². The van der Waals surface area contributed by atoms with E-state index in [1.807, 2.05) is 0 Å². The Kier molecular flexibility index (Phi) is 9.32. The molecule has 0 amide bonds. The molecular weight excluding hydrogens is 371 g/mol. The summed E-state index contributed by atoms with van der Waals surface area (Å²) in [6, 6.07) is 0. The topological polar surface area (TPSA) is 0 Å². The van der Waals surface area contributed by atoms with E-state index in [1.165, 1.54) is 0 Å². The first-order valence-electron chi connectivity index (χ1n) is 7.62. The molecule has 0 aliphatic carbocycles. The molecule has 0 saturated heterocycles. The molecule has 0 aliphatic heterocycles. The van der Waals surface area contributed by atoms with Crippen molar-refractivity contribution in [3.63, 3.8) is 0 Å². The van der Waals surface area contributed by atoms with Crippen molar-refractivity contribution in [2.45, 2.75) is 81.7 Å². The quantitative estimate of drug-likeness (QED) is 0.209. The van der Waals surface area contributed by atoms with E-state index in [1.54, 1.807) is 0 Å². The van der Waals surface area contributed by atoms with E-state index in [0.29, 0.717) is 12.8 Å². The number of rotatable bonds is 12. The first-order chi connectivity index (χ1) is 10.8. The molecule has 0 nitrogen and oxygen atoms in total. The minimum atomic E-state index is -6.78. The molecule has 0 unspecified atom stereocenters. The van der Waals surface area contributed by atoms with E-state index in [9.17, 15) is 39.5 Å². The monoisotopic (exact) mass is 392 g/mol. The molecule has 0 aromatic heterocycles. The molecule has 10 heteroatoms. The zero-order chi connectivity index (χ0) is 19.1. The van der Waals surface area contributed by atoms with Gasteiger partial charge in [0.15, 0.2) is 0 Å². The fourth-order valence-corrected chi connectivity index (χ4v) is 2.31. The summed E-state index contributed by atoms with van der Waals surface area (Å²) in [5.74, 6) is -17.9. The number of unbranched alkanes of at least 4 members (excludes halogenated alkanes) is 7. The van der Waals surface area contributed by atoms with Crippen molar-refractivity contribution in [1.29, 1.82) is 0 Å². The van der Waals surface area contributed by atoms with Crippen molar-refractivity contribution in [3.8, 4) is 0 Å². The summed E-state index contributed by atoms with van der Waals surface area (Å²) in [4.78, 5) is 0. The lowest BCUT2D eigenvalue weighted by atomic mass is 9.97. The Balaban J connectivity index is 4.30. The SMILES string of the molecule is FC(F)(F)C(F)(F)C(F)(F)C(F)(F)CCCCCCCCCCS. The molecule has 24 heavy (non-hydrogen) atoms. The van der Waals surface area contributed by atoms with E-state index < -0.39 is 36.8 Å². The Hall–Kier alpha value is -0.280. The molecule has 0 spiro atoms. The third-order valence-electron chi connectivity index (χ3n) is 3.61. The second kappa shape index (κ2) is 9.43. The minimum Gasteiger partial charge on any atom is -0.200 e. The molecule has 146 valence electrons. The van der Waals surface area contributed by atoms with Crippen LogP contribution in [-0.4, -0.2) is 29.7 Å². The van der Waals surface area contributed by atoms with Gasteiger partial charge in [-0.3, -0.25) is 0 Å². The summed E-state index contributed by atoms with van der Waals surface area (Å²) < 4.78 is 113. The van der Waals surface area contributed by atoms with Gasteiger partial charge < -0.3 is 0 Å². The predicted octanol–water partition coefficient (Wildman–Crippen LogP) is 6.90. The lowest BCUT2D eigenvalue weighted by Crippen LogP contribution is -2.60. The van der Waals surface area contributed by atoms with Crippen LogP contribution in [0.5, 0.6) is 0 Å². The van der Waals surface area contributed by atoms with Gasteiger partial charge in [-0.15, -0.1) is 0 Å². The summed E-state index contributed by atoms with van der Waals surface area (Å²) in [6.45, 7) is 0. The average Bonchev–Trinajstić information content (AvgIpc) is 2.43. The average molecular weight is 392 g/mol. The Bertz CT molecular complexity index is 353. The summed E-state index contributed by atoms with van der Waals surface area (Å²) >= 11 is 4.02. The number of halogens is 9. The molecule has 0 aromatic carbocycles. The second-order valence-electron chi connectivity index (χ2n) is 5.65. The van der Waals surface area contributed by atoms with Gasteiger partial charge in [0.2, 0.25) is 0 Å². The van der Waals surface area contributed by atoms with Gasteiger partial charge in [-0.05, 0) is 18.6 Å². The number of thiol groups is 1. The van der Waals surface area contributed by atoms with Gasteiger partial charge in [-0.25, -0.2) is 0 Å². The Morgan fingerprint density at radius 3 is 1.25 bits per heavy atom. The first-order valence-corrected chi connectivity index (χ1v) is 8.25. The lowest BCUT2D eigenvalue weighted by Gasteiger charge is -2.33. The van der Waals surface area contributed by atoms with E-state index in [4.69, 9.17) is 0 Å². The van der Waals surface area contributed by atoms with Crippen molar-refractivity contribution in [2.75, 3.05) is 5.75 Å². The van der Waals surface area contributed by atoms with Crippen molar-refractivity contribution in [2.24, 2.45) is 0 Å². The molecule has 0 aromatic rings. The van der Waals surface area contributed by atoms with Gasteiger partial charge in [-0.2, -0.15) is 52.1 Å². The Morgan fingerprint density at radius 2 is 0.875 bits per heavy atom. The molecule has 0 aliphatic rings. The fraction of sp³-hybridized carbons (Fsp3) is 1.00. The van der Waals surface area contributed by atoms with Crippen LogP contribution in [0.2, 0.25) is 0 Å². The highest BCUT2D eigenvalue weighted by Crippen LogP contribution is 2.54. The minimum absolute atomic E-state index is 0.0653. The van der Waals surface area contributed by atoms with E-state index in [-0.39, 0.29) is 6.42 Å². The van der Waals surface area contributed by atoms with Crippen LogP contribution in [-0.2, 0) is 0 Å². The standard InChI is InChI=1S/C14H21F9S/c15-11(16,12(17,18)13(19,20)14(21,22)23)9-7-5-3-1-2-4-6-8-10-24/h24H,1-10H2. The third kappa shape index (κ3) is 6.22. The third-order valence-corrected chi connectivity index (χ3v) is 3.92. The van der Waals surface area contributed by atoms with Crippen LogP contribution >= 0.6 is 12.6 Å². The molecular formula is C14H21F9S. The van der Waals surface area contributed by atoms with Gasteiger partial charge in [0.1, 0.15) is 0 Å². The highest BCUT2D eigenvalue weighted by Gasteiger charge is 2.81. The summed E-state index contributed by atoms with van der Waals surface area (Å²) in [6.07, 6.45) is -4.23. The molecule has 0 heterocycles. The predicted molar refractivity (Wildman–Crippen MR) is 76.3 cm³/mol. The Labute approximate surface area is 140 Å². The van der Waals surface area contributed by atoms with E-state index in [2.05, 4.69) is 12.6 Å². The fourth-order valence-electron chi connectivity index (χ4n) is 2.08. The van der Waals surface area contributed by atoms with Crippen molar-refractivity contribution < 1.29 is 39.5 Å². The molecule has 0 N–H and O–H groups in total. The highest BCUT2D eigenvalue weighted by atomic mass is 32.1. The van der Waals surface area contributed by atoms with Crippen LogP contribution in [0.15, 0.2) is 0 Å². The van der Waals surface area contributed by atoms with Gasteiger partial charge in [0.25, 0.3) is 0 Å². The maximum Gasteiger partial charge on any atom is 0.460 e. The lowest BCUT2D eigenvalue weighted by molar-refractivity contribution is -0.396. The summed E-state index contributed by atoms with van der Waals surface area (Å²) in [5, 5.41) is 0. The molecule has 0 rings (SSSR count). The largest absolute Gasteiger partial charge is 0.460 e. The smallest absolute Gasteiger partial charge is 0.200 e. The molecule has 0 radical (unpaired) electrons. The van der Waals surface area contributed by atoms with Gasteiger partial charge in [0.05, 0.1) is 0 Å². The number of hydrogen-bond acceptors (Lipinski definition) is 1. The number of alkyl halides is 9. The van der Waals surface area contributed by atoms with Crippen molar-refractivity contribution in [3.05, 3.63) is 0 Å². The highest BCUT2D eigenvalue weighted by molar-refractivity contribution is 7.80. The van der Waals surface area contributed by atoms with Gasteiger partial charge >= 0.3 is 23.9 Å². The van der Waals surface area contributed by atoms with Crippen molar-refractivity contribution in [1.82, 2.24) is 0 Å².